The third-order valence-corrected chi connectivity index (χ3v) is 9.84. The number of aromatic nitrogens is 3. The van der Waals surface area contributed by atoms with Crippen molar-refractivity contribution >= 4 is 27.5 Å². The molecule has 3 unspecified atom stereocenters. The number of alkyl halides is 1. The molecule has 11 heteroatoms. The number of rotatable bonds is 5. The van der Waals surface area contributed by atoms with E-state index in [4.69, 9.17) is 16.1 Å². The summed E-state index contributed by atoms with van der Waals surface area (Å²) < 4.78 is 52.2. The fourth-order valence-electron chi connectivity index (χ4n) is 7.89. The number of phenols is 1. The first kappa shape index (κ1) is 27.4. The molecule has 4 aromatic rings. The van der Waals surface area contributed by atoms with Crippen LogP contribution in [0.25, 0.3) is 32.9 Å². The third kappa shape index (κ3) is 4.34. The Morgan fingerprint density at radius 2 is 1.95 bits per heavy atom. The molecule has 6 heterocycles. The highest BCUT2D eigenvalue weighted by molar-refractivity contribution is 6.03. The van der Waals surface area contributed by atoms with Crippen LogP contribution in [0, 0.1) is 24.0 Å². The summed E-state index contributed by atoms with van der Waals surface area (Å²) in [6.07, 6.45) is 10.5. The lowest BCUT2D eigenvalue weighted by Crippen LogP contribution is -2.51. The predicted molar refractivity (Wildman–Crippen MR) is 160 cm³/mol. The normalized spacial score (nSPS) is 26.4. The van der Waals surface area contributed by atoms with Crippen molar-refractivity contribution in [2.24, 2.45) is 0 Å². The average Bonchev–Trinajstić information content (AvgIpc) is 3.66. The van der Waals surface area contributed by atoms with Crippen LogP contribution >= 0.6 is 0 Å². The van der Waals surface area contributed by atoms with Gasteiger partial charge in [-0.15, -0.1) is 6.42 Å². The summed E-state index contributed by atoms with van der Waals surface area (Å²) in [4.78, 5) is 18.1. The van der Waals surface area contributed by atoms with Crippen molar-refractivity contribution in [2.75, 3.05) is 37.7 Å². The van der Waals surface area contributed by atoms with Gasteiger partial charge in [0.25, 0.3) is 0 Å². The summed E-state index contributed by atoms with van der Waals surface area (Å²) in [7, 11) is 0. The maximum Gasteiger partial charge on any atom is 0.319 e. The summed E-state index contributed by atoms with van der Waals surface area (Å²) in [6, 6.07) is 6.07. The van der Waals surface area contributed by atoms with Gasteiger partial charge in [-0.05, 0) is 55.8 Å². The maximum atomic E-state index is 16.7. The molecule has 4 saturated heterocycles. The average molecular weight is 601 g/mol. The summed E-state index contributed by atoms with van der Waals surface area (Å²) in [5.41, 5.74) is -0.468. The highest BCUT2D eigenvalue weighted by Gasteiger charge is 2.49. The highest BCUT2D eigenvalue weighted by Crippen LogP contribution is 2.42. The van der Waals surface area contributed by atoms with Gasteiger partial charge in [-0.1, -0.05) is 12.0 Å². The molecule has 0 spiro atoms. The van der Waals surface area contributed by atoms with Gasteiger partial charge >= 0.3 is 6.01 Å². The van der Waals surface area contributed by atoms with Crippen LogP contribution in [0.3, 0.4) is 0 Å². The van der Waals surface area contributed by atoms with Crippen LogP contribution < -0.4 is 15.0 Å². The van der Waals surface area contributed by atoms with Crippen molar-refractivity contribution in [3.8, 4) is 35.4 Å². The molecule has 2 aromatic carbocycles. The summed E-state index contributed by atoms with van der Waals surface area (Å²) in [5.74, 6) is 1.35. The van der Waals surface area contributed by atoms with Gasteiger partial charge in [-0.2, -0.15) is 9.97 Å². The minimum absolute atomic E-state index is 0.00778. The van der Waals surface area contributed by atoms with Gasteiger partial charge in [0.15, 0.2) is 5.82 Å². The van der Waals surface area contributed by atoms with Crippen LogP contribution in [0.2, 0.25) is 0 Å². The van der Waals surface area contributed by atoms with E-state index < -0.39 is 23.3 Å². The van der Waals surface area contributed by atoms with Crippen LogP contribution in [-0.2, 0) is 0 Å². The number of halogens is 3. The number of hydrogen-bond donors (Lipinski definition) is 2. The first-order valence-electron chi connectivity index (χ1n) is 15.1. The Hall–Kier alpha value is -4.14. The Morgan fingerprint density at radius 3 is 2.75 bits per heavy atom. The molecule has 226 valence electrons. The number of anilines is 1. The van der Waals surface area contributed by atoms with Crippen LogP contribution in [0.15, 0.2) is 30.5 Å². The molecule has 2 aromatic heterocycles. The van der Waals surface area contributed by atoms with Crippen LogP contribution in [0.5, 0.6) is 11.8 Å². The number of benzene rings is 2. The second-order valence-electron chi connectivity index (χ2n) is 12.6. The van der Waals surface area contributed by atoms with Gasteiger partial charge in [0, 0.05) is 55.3 Å². The minimum atomic E-state index is -0.913. The van der Waals surface area contributed by atoms with E-state index in [-0.39, 0.29) is 46.1 Å². The van der Waals surface area contributed by atoms with Crippen molar-refractivity contribution in [1.82, 2.24) is 25.2 Å². The smallest absolute Gasteiger partial charge is 0.319 e. The van der Waals surface area contributed by atoms with E-state index in [1.54, 1.807) is 0 Å². The molecule has 4 fully saturated rings. The molecule has 2 bridgehead atoms. The number of pyridine rings is 1. The molecule has 4 atom stereocenters. The van der Waals surface area contributed by atoms with Gasteiger partial charge in [-0.25, -0.2) is 13.2 Å². The molecule has 0 radical (unpaired) electrons. The van der Waals surface area contributed by atoms with E-state index in [0.717, 1.165) is 32.2 Å². The van der Waals surface area contributed by atoms with Crippen molar-refractivity contribution in [3.63, 3.8) is 0 Å². The van der Waals surface area contributed by atoms with E-state index in [9.17, 15) is 13.9 Å². The zero-order valence-electron chi connectivity index (χ0n) is 24.0. The number of hydrogen-bond acceptors (Lipinski definition) is 8. The van der Waals surface area contributed by atoms with Gasteiger partial charge in [-0.3, -0.25) is 9.88 Å². The fourth-order valence-corrected chi connectivity index (χ4v) is 7.89. The number of terminal acetylenes is 1. The molecule has 4 aliphatic rings. The number of nitrogens with zero attached hydrogens (tertiary/aromatic N) is 5. The van der Waals surface area contributed by atoms with Crippen molar-refractivity contribution in [1.29, 1.82) is 0 Å². The molecule has 4 aliphatic heterocycles. The second kappa shape index (κ2) is 10.2. The first-order valence-corrected chi connectivity index (χ1v) is 15.1. The van der Waals surface area contributed by atoms with Gasteiger partial charge < -0.3 is 20.1 Å². The summed E-state index contributed by atoms with van der Waals surface area (Å²) >= 11 is 0. The quantitative estimate of drug-likeness (QED) is 0.319. The summed E-state index contributed by atoms with van der Waals surface area (Å²) in [5, 5.41) is 15.2. The lowest BCUT2D eigenvalue weighted by molar-refractivity contribution is 0.107. The Bertz CT molecular complexity index is 1850. The largest absolute Gasteiger partial charge is 0.508 e. The predicted octanol–water partition coefficient (Wildman–Crippen LogP) is 4.71. The van der Waals surface area contributed by atoms with Crippen LogP contribution in [0.1, 0.15) is 37.7 Å². The van der Waals surface area contributed by atoms with Crippen molar-refractivity contribution in [3.05, 3.63) is 47.7 Å². The van der Waals surface area contributed by atoms with E-state index in [2.05, 4.69) is 31.0 Å². The number of ether oxygens (including phenoxy) is 1. The lowest BCUT2D eigenvalue weighted by Gasteiger charge is -2.34. The molecule has 8 rings (SSSR count). The van der Waals surface area contributed by atoms with E-state index in [1.165, 1.54) is 30.5 Å². The second-order valence-corrected chi connectivity index (χ2v) is 12.6. The minimum Gasteiger partial charge on any atom is -0.508 e. The van der Waals surface area contributed by atoms with Crippen molar-refractivity contribution in [2.45, 2.75) is 55.9 Å². The zero-order chi connectivity index (χ0) is 30.2. The number of aromatic hydroxyl groups is 1. The van der Waals surface area contributed by atoms with Gasteiger partial charge in [0.1, 0.15) is 41.4 Å². The SMILES string of the molecule is C#Cc1c(F)ccc2cc(O)cc(-c3ncc4c(N5CC6CCC(C5)N6)nc(OCC56CCCN5C[C@H](F)C6)nc4c3F)c12. The summed E-state index contributed by atoms with van der Waals surface area (Å²) in [6.45, 7) is 2.79. The molecule has 44 heavy (non-hydrogen) atoms. The van der Waals surface area contributed by atoms with Gasteiger partial charge in [0.2, 0.25) is 0 Å². The van der Waals surface area contributed by atoms with Crippen LogP contribution in [0.4, 0.5) is 19.0 Å². The lowest BCUT2D eigenvalue weighted by atomic mass is 9.95. The number of piperazine rings is 1. The fraction of sp³-hybridized carbons (Fsp3) is 0.424. The Balaban J connectivity index is 1.28. The molecule has 2 N–H and O–H groups in total. The topological polar surface area (TPSA) is 86.6 Å². The van der Waals surface area contributed by atoms with E-state index >= 15 is 4.39 Å². The zero-order valence-corrected chi connectivity index (χ0v) is 24.0. The standard InChI is InChI=1S/C33H31F3N6O2/c1-2-23-26(35)7-4-18-10-22(43)11-24(27(18)23)29-28(36)30-25(13-37-29)31(41-15-20-5-6-21(16-41)38-20)40-32(39-30)44-17-33-8-3-9-42(33)14-19(34)12-33/h1,4,7,10-11,13,19-21,38,43H,3,5-6,8-9,12,14-17H2/t19-,20?,21?,33?/m1/s1. The molecule has 0 saturated carbocycles. The molecule has 0 aliphatic carbocycles. The number of fused-ring (bicyclic) bond motifs is 5. The van der Waals surface area contributed by atoms with Crippen LogP contribution in [-0.4, -0.2) is 81.5 Å². The Morgan fingerprint density at radius 1 is 1.14 bits per heavy atom. The Kier molecular flexibility index (Phi) is 6.36. The first-order chi connectivity index (χ1) is 21.3. The monoisotopic (exact) mass is 600 g/mol. The molecular weight excluding hydrogens is 569 g/mol. The molecule has 8 nitrogen and oxygen atoms in total. The molecular formula is C33H31F3N6O2. The third-order valence-electron chi connectivity index (χ3n) is 9.84. The maximum absolute atomic E-state index is 16.7. The number of nitrogens with one attached hydrogen (secondary N) is 1. The number of phenolic OH excluding ortho intramolecular Hbond substituents is 1. The molecule has 0 amide bonds. The van der Waals surface area contributed by atoms with Gasteiger partial charge in [0.05, 0.1) is 16.5 Å². The van der Waals surface area contributed by atoms with E-state index in [1.807, 2.05) is 0 Å². The van der Waals surface area contributed by atoms with Crippen molar-refractivity contribution < 1.29 is 23.0 Å². The Labute approximate surface area is 252 Å². The highest BCUT2D eigenvalue weighted by atomic mass is 19.1. The van der Waals surface area contributed by atoms with E-state index in [0.29, 0.717) is 54.7 Å².